The molecular weight excluding hydrogens is 346 g/mol. The highest BCUT2D eigenvalue weighted by Crippen LogP contribution is 2.26. The standard InChI is InChI=1S/C17H23NO6S/c1-24-15-8-6-14(7-9-15)18(12-16(19)20)17(21)13-4-2-10-25(22,23)11-3-5-13/h6-9,13H,2-5,10-12H2,1H3,(H,19,20). The summed E-state index contributed by atoms with van der Waals surface area (Å²) < 4.78 is 28.4. The van der Waals surface area contributed by atoms with Crippen molar-refractivity contribution in [3.63, 3.8) is 0 Å². The van der Waals surface area contributed by atoms with Gasteiger partial charge in [-0.2, -0.15) is 0 Å². The lowest BCUT2D eigenvalue weighted by Crippen LogP contribution is -2.40. The maximum Gasteiger partial charge on any atom is 0.323 e. The Hall–Kier alpha value is -2.09. The third kappa shape index (κ3) is 5.45. The third-order valence-electron chi connectivity index (χ3n) is 4.31. The minimum atomic E-state index is -3.02. The summed E-state index contributed by atoms with van der Waals surface area (Å²) in [6, 6.07) is 6.63. The van der Waals surface area contributed by atoms with E-state index < -0.39 is 22.4 Å². The van der Waals surface area contributed by atoms with Gasteiger partial charge in [-0.05, 0) is 49.9 Å². The first kappa shape index (κ1) is 19.2. The quantitative estimate of drug-likeness (QED) is 0.848. The molecule has 2 rings (SSSR count). The molecule has 138 valence electrons. The summed E-state index contributed by atoms with van der Waals surface area (Å²) >= 11 is 0. The molecule has 1 aromatic rings. The molecule has 0 bridgehead atoms. The monoisotopic (exact) mass is 369 g/mol. The van der Waals surface area contributed by atoms with Gasteiger partial charge in [0.25, 0.3) is 0 Å². The Kier molecular flexibility index (Phi) is 6.41. The Bertz CT molecular complexity index is 697. The van der Waals surface area contributed by atoms with E-state index in [1.54, 1.807) is 24.3 Å². The second kappa shape index (κ2) is 8.33. The first-order chi connectivity index (χ1) is 11.8. The number of carboxylic acids is 1. The molecule has 0 atom stereocenters. The topological polar surface area (TPSA) is 101 Å². The van der Waals surface area contributed by atoms with Crippen molar-refractivity contribution in [3.8, 4) is 5.75 Å². The number of ether oxygens (including phenoxy) is 1. The predicted molar refractivity (Wildman–Crippen MR) is 93.6 cm³/mol. The number of hydrogen-bond acceptors (Lipinski definition) is 5. The van der Waals surface area contributed by atoms with E-state index in [0.717, 1.165) is 0 Å². The highest BCUT2D eigenvalue weighted by molar-refractivity contribution is 7.91. The summed E-state index contributed by atoms with van der Waals surface area (Å²) in [5.41, 5.74) is 0.489. The molecule has 0 aromatic heterocycles. The van der Waals surface area contributed by atoms with Crippen LogP contribution < -0.4 is 9.64 Å². The zero-order chi connectivity index (χ0) is 18.4. The Morgan fingerprint density at radius 1 is 1.16 bits per heavy atom. The number of sulfone groups is 1. The van der Waals surface area contributed by atoms with Crippen molar-refractivity contribution in [1.29, 1.82) is 0 Å². The predicted octanol–water partition coefficient (Wildman–Crippen LogP) is 1.72. The molecule has 1 aliphatic heterocycles. The van der Waals surface area contributed by atoms with Crippen LogP contribution in [0.4, 0.5) is 5.69 Å². The number of carbonyl (C=O) groups excluding carboxylic acids is 1. The number of carboxylic acid groups (broad SMARTS) is 1. The molecule has 1 amide bonds. The molecule has 0 saturated carbocycles. The molecule has 1 saturated heterocycles. The van der Waals surface area contributed by atoms with Gasteiger partial charge in [0.2, 0.25) is 5.91 Å². The number of carbonyl (C=O) groups is 2. The number of rotatable bonds is 5. The lowest BCUT2D eigenvalue weighted by Gasteiger charge is -2.27. The van der Waals surface area contributed by atoms with Gasteiger partial charge < -0.3 is 14.7 Å². The first-order valence-electron chi connectivity index (χ1n) is 8.20. The van der Waals surface area contributed by atoms with Crippen molar-refractivity contribution in [2.45, 2.75) is 25.7 Å². The minimum absolute atomic E-state index is 0.0816. The zero-order valence-electron chi connectivity index (χ0n) is 14.2. The first-order valence-corrected chi connectivity index (χ1v) is 10.0. The molecule has 1 aliphatic rings. The fourth-order valence-electron chi connectivity index (χ4n) is 3.01. The smallest absolute Gasteiger partial charge is 0.323 e. The van der Waals surface area contributed by atoms with E-state index in [4.69, 9.17) is 9.84 Å². The van der Waals surface area contributed by atoms with Gasteiger partial charge in [-0.15, -0.1) is 0 Å². The van der Waals surface area contributed by atoms with Gasteiger partial charge in [0.15, 0.2) is 0 Å². The highest BCUT2D eigenvalue weighted by atomic mass is 32.2. The van der Waals surface area contributed by atoms with Crippen LogP contribution in [0.3, 0.4) is 0 Å². The molecule has 1 N–H and O–H groups in total. The number of nitrogens with zero attached hydrogens (tertiary/aromatic N) is 1. The Morgan fingerprint density at radius 2 is 1.72 bits per heavy atom. The van der Waals surface area contributed by atoms with E-state index in [1.165, 1.54) is 12.0 Å². The van der Waals surface area contributed by atoms with Gasteiger partial charge in [0.05, 0.1) is 18.6 Å². The van der Waals surface area contributed by atoms with Crippen molar-refractivity contribution in [2.75, 3.05) is 30.1 Å². The maximum absolute atomic E-state index is 12.9. The van der Waals surface area contributed by atoms with E-state index in [1.807, 2.05) is 0 Å². The molecule has 7 nitrogen and oxygen atoms in total. The van der Waals surface area contributed by atoms with Crippen LogP contribution in [-0.4, -0.2) is 50.6 Å². The molecule has 0 aliphatic carbocycles. The SMILES string of the molecule is COc1ccc(N(CC(=O)O)C(=O)C2CCCS(=O)(=O)CCC2)cc1. The highest BCUT2D eigenvalue weighted by Gasteiger charge is 2.29. The second-order valence-corrected chi connectivity index (χ2v) is 8.45. The number of aliphatic carboxylic acids is 1. The maximum atomic E-state index is 12.9. The van der Waals surface area contributed by atoms with E-state index in [9.17, 15) is 18.0 Å². The number of methoxy groups -OCH3 is 1. The van der Waals surface area contributed by atoms with Crippen molar-refractivity contribution < 1.29 is 27.9 Å². The van der Waals surface area contributed by atoms with Crippen molar-refractivity contribution in [2.24, 2.45) is 5.92 Å². The second-order valence-electron chi connectivity index (χ2n) is 6.15. The van der Waals surface area contributed by atoms with Crippen LogP contribution in [0.2, 0.25) is 0 Å². The van der Waals surface area contributed by atoms with Crippen LogP contribution in [0, 0.1) is 5.92 Å². The summed E-state index contributed by atoms with van der Waals surface area (Å²) in [5, 5.41) is 9.16. The molecule has 1 aromatic carbocycles. The summed E-state index contributed by atoms with van der Waals surface area (Å²) in [5.74, 6) is -0.958. The molecule has 1 fully saturated rings. The normalized spacial score (nSPS) is 18.0. The number of hydrogen-bond donors (Lipinski definition) is 1. The summed E-state index contributed by atoms with van der Waals surface area (Å²) in [7, 11) is -1.50. The molecule has 8 heteroatoms. The van der Waals surface area contributed by atoms with Crippen LogP contribution >= 0.6 is 0 Å². The Morgan fingerprint density at radius 3 is 2.20 bits per heavy atom. The minimum Gasteiger partial charge on any atom is -0.497 e. The van der Waals surface area contributed by atoms with Crippen LogP contribution in [0.25, 0.3) is 0 Å². The van der Waals surface area contributed by atoms with Gasteiger partial charge >= 0.3 is 5.97 Å². The van der Waals surface area contributed by atoms with Gasteiger partial charge in [-0.25, -0.2) is 8.42 Å². The Labute approximate surface area is 147 Å². The van der Waals surface area contributed by atoms with E-state index in [2.05, 4.69) is 0 Å². The van der Waals surface area contributed by atoms with Crippen molar-refractivity contribution in [1.82, 2.24) is 0 Å². The lowest BCUT2D eigenvalue weighted by atomic mass is 9.96. The molecule has 1 heterocycles. The van der Waals surface area contributed by atoms with Gasteiger partial charge in [-0.3, -0.25) is 9.59 Å². The fraction of sp³-hybridized carbons (Fsp3) is 0.529. The summed E-state index contributed by atoms with van der Waals surface area (Å²) in [6.07, 6.45) is 1.74. The fourth-order valence-corrected chi connectivity index (χ4v) is 4.42. The zero-order valence-corrected chi connectivity index (χ0v) is 15.0. The van der Waals surface area contributed by atoms with Crippen molar-refractivity contribution >= 4 is 27.4 Å². The molecule has 0 unspecified atom stereocenters. The lowest BCUT2D eigenvalue weighted by molar-refractivity contribution is -0.137. The van der Waals surface area contributed by atoms with Gasteiger partial charge in [-0.1, -0.05) is 0 Å². The number of anilines is 1. The summed E-state index contributed by atoms with van der Waals surface area (Å²) in [6.45, 7) is -0.431. The summed E-state index contributed by atoms with van der Waals surface area (Å²) in [4.78, 5) is 25.4. The van der Waals surface area contributed by atoms with Gasteiger partial charge in [0, 0.05) is 11.6 Å². The van der Waals surface area contributed by atoms with Gasteiger partial charge in [0.1, 0.15) is 22.1 Å². The largest absolute Gasteiger partial charge is 0.497 e. The van der Waals surface area contributed by atoms with Crippen LogP contribution in [0.1, 0.15) is 25.7 Å². The molecule has 25 heavy (non-hydrogen) atoms. The average Bonchev–Trinajstić information content (AvgIpc) is 2.56. The van der Waals surface area contributed by atoms with Crippen LogP contribution in [-0.2, 0) is 19.4 Å². The van der Waals surface area contributed by atoms with E-state index in [0.29, 0.717) is 37.1 Å². The average molecular weight is 369 g/mol. The molecule has 0 radical (unpaired) electrons. The number of benzene rings is 1. The third-order valence-corrected chi connectivity index (χ3v) is 6.13. The molecule has 0 spiro atoms. The Balaban J connectivity index is 2.18. The van der Waals surface area contributed by atoms with E-state index in [-0.39, 0.29) is 23.3 Å². The molecular formula is C17H23NO6S. The van der Waals surface area contributed by atoms with Crippen LogP contribution in [0.5, 0.6) is 5.75 Å². The number of amides is 1. The van der Waals surface area contributed by atoms with Crippen molar-refractivity contribution in [3.05, 3.63) is 24.3 Å². The van der Waals surface area contributed by atoms with Crippen LogP contribution in [0.15, 0.2) is 24.3 Å². The van der Waals surface area contributed by atoms with E-state index >= 15 is 0 Å².